The molecule has 102 valence electrons. The summed E-state index contributed by atoms with van der Waals surface area (Å²) in [5.74, 6) is 0. The third kappa shape index (κ3) is 3.13. The molecule has 0 spiro atoms. The summed E-state index contributed by atoms with van der Waals surface area (Å²) in [4.78, 5) is 0. The smallest absolute Gasteiger partial charge is 0.0900 e. The van der Waals surface area contributed by atoms with Gasteiger partial charge in [-0.2, -0.15) is 5.10 Å². The molecule has 1 fully saturated rings. The summed E-state index contributed by atoms with van der Waals surface area (Å²) in [6.45, 7) is 7.87. The molecule has 2 heterocycles. The van der Waals surface area contributed by atoms with Crippen LogP contribution in [0.15, 0.2) is 4.47 Å². The van der Waals surface area contributed by atoms with E-state index in [4.69, 9.17) is 4.74 Å². The van der Waals surface area contributed by atoms with E-state index in [1.165, 1.54) is 12.1 Å². The third-order valence-electron chi connectivity index (χ3n) is 3.40. The van der Waals surface area contributed by atoms with Crippen LogP contribution in [-0.4, -0.2) is 29.0 Å². The lowest BCUT2D eigenvalue weighted by atomic mass is 10.1. The van der Waals surface area contributed by atoms with Gasteiger partial charge in [0.25, 0.3) is 0 Å². The molecule has 1 aromatic rings. The zero-order valence-corrected chi connectivity index (χ0v) is 12.8. The Bertz CT molecular complexity index is 386. The van der Waals surface area contributed by atoms with Crippen LogP contribution in [0.5, 0.6) is 0 Å². The maximum Gasteiger partial charge on any atom is 0.0900 e. The fraction of sp³-hybridized carbons (Fsp3) is 0.769. The van der Waals surface area contributed by atoms with Gasteiger partial charge in [-0.15, -0.1) is 0 Å². The monoisotopic (exact) mass is 315 g/mol. The van der Waals surface area contributed by atoms with Crippen LogP contribution in [0.25, 0.3) is 0 Å². The van der Waals surface area contributed by atoms with Crippen LogP contribution in [-0.2, 0) is 24.3 Å². The van der Waals surface area contributed by atoms with E-state index in [-0.39, 0.29) is 0 Å². The van der Waals surface area contributed by atoms with Crippen molar-refractivity contribution in [3.63, 3.8) is 0 Å². The van der Waals surface area contributed by atoms with E-state index < -0.39 is 0 Å². The highest BCUT2D eigenvalue weighted by atomic mass is 79.9. The number of ether oxygens (including phenoxy) is 1. The topological polar surface area (TPSA) is 39.1 Å². The van der Waals surface area contributed by atoms with Crippen molar-refractivity contribution in [2.24, 2.45) is 0 Å². The molecule has 0 aliphatic carbocycles. The van der Waals surface area contributed by atoms with Crippen molar-refractivity contribution in [3.8, 4) is 0 Å². The Morgan fingerprint density at radius 3 is 2.94 bits per heavy atom. The first kappa shape index (κ1) is 14.0. The summed E-state index contributed by atoms with van der Waals surface area (Å²) in [5.41, 5.74) is 2.29. The molecule has 18 heavy (non-hydrogen) atoms. The van der Waals surface area contributed by atoms with Crippen LogP contribution >= 0.6 is 15.9 Å². The Kier molecular flexibility index (Phi) is 5.21. The van der Waals surface area contributed by atoms with Crippen molar-refractivity contribution in [1.82, 2.24) is 15.1 Å². The Morgan fingerprint density at radius 1 is 1.50 bits per heavy atom. The quantitative estimate of drug-likeness (QED) is 0.907. The molecule has 1 unspecified atom stereocenters. The Hall–Kier alpha value is -0.390. The molecule has 0 aromatic carbocycles. The summed E-state index contributed by atoms with van der Waals surface area (Å²) >= 11 is 3.65. The summed E-state index contributed by atoms with van der Waals surface area (Å²) in [6.07, 6.45) is 3.66. The van der Waals surface area contributed by atoms with Gasteiger partial charge in [0.05, 0.1) is 28.6 Å². The molecule has 1 aliphatic heterocycles. The Morgan fingerprint density at radius 2 is 2.33 bits per heavy atom. The standard InChI is InChI=1S/C13H22BrN3O/c1-3-11-13(14)12(17(4-2)16-11)9-18-10-6-5-7-15-8-10/h10,15H,3-9H2,1-2H3. The highest BCUT2D eigenvalue weighted by molar-refractivity contribution is 9.10. The van der Waals surface area contributed by atoms with Crippen molar-refractivity contribution in [1.29, 1.82) is 0 Å². The molecule has 1 N–H and O–H groups in total. The van der Waals surface area contributed by atoms with E-state index >= 15 is 0 Å². The minimum atomic E-state index is 0.343. The van der Waals surface area contributed by atoms with Gasteiger partial charge >= 0.3 is 0 Å². The largest absolute Gasteiger partial charge is 0.371 e. The maximum atomic E-state index is 6.00. The minimum absolute atomic E-state index is 0.343. The van der Waals surface area contributed by atoms with Crippen LogP contribution < -0.4 is 5.32 Å². The van der Waals surface area contributed by atoms with Gasteiger partial charge in [0, 0.05) is 13.1 Å². The first-order valence-electron chi connectivity index (χ1n) is 6.82. The number of halogens is 1. The molecule has 1 atom stereocenters. The van der Waals surface area contributed by atoms with E-state index in [9.17, 15) is 0 Å². The predicted molar refractivity (Wildman–Crippen MR) is 75.7 cm³/mol. The molecule has 0 amide bonds. The number of aromatic nitrogens is 2. The number of nitrogens with one attached hydrogen (secondary N) is 1. The average molecular weight is 316 g/mol. The second-order valence-electron chi connectivity index (χ2n) is 4.66. The zero-order valence-electron chi connectivity index (χ0n) is 11.2. The second kappa shape index (κ2) is 6.68. The lowest BCUT2D eigenvalue weighted by molar-refractivity contribution is 0.0216. The number of nitrogens with zero attached hydrogens (tertiary/aromatic N) is 2. The Labute approximate surface area is 117 Å². The fourth-order valence-corrected chi connectivity index (χ4v) is 2.99. The van der Waals surface area contributed by atoms with Crippen molar-refractivity contribution >= 4 is 15.9 Å². The van der Waals surface area contributed by atoms with Crippen LogP contribution in [0, 0.1) is 0 Å². The molecule has 1 aliphatic rings. The van der Waals surface area contributed by atoms with Crippen LogP contribution in [0.3, 0.4) is 0 Å². The number of piperidine rings is 1. The third-order valence-corrected chi connectivity index (χ3v) is 4.32. The van der Waals surface area contributed by atoms with Crippen molar-refractivity contribution < 1.29 is 4.74 Å². The molecule has 1 saturated heterocycles. The summed E-state index contributed by atoms with van der Waals surface area (Å²) in [5, 5.41) is 7.96. The molecule has 1 aromatic heterocycles. The van der Waals surface area contributed by atoms with Gasteiger partial charge in [0.1, 0.15) is 0 Å². The van der Waals surface area contributed by atoms with Crippen LogP contribution in [0.4, 0.5) is 0 Å². The molecule has 0 radical (unpaired) electrons. The van der Waals surface area contributed by atoms with Crippen molar-refractivity contribution in [3.05, 3.63) is 15.9 Å². The molecule has 2 rings (SSSR count). The highest BCUT2D eigenvalue weighted by Gasteiger charge is 2.17. The lowest BCUT2D eigenvalue weighted by Crippen LogP contribution is -2.35. The van der Waals surface area contributed by atoms with Crippen LogP contribution in [0.2, 0.25) is 0 Å². The van der Waals surface area contributed by atoms with E-state index in [0.29, 0.717) is 12.7 Å². The second-order valence-corrected chi connectivity index (χ2v) is 5.45. The molecule has 5 heteroatoms. The fourth-order valence-electron chi connectivity index (χ4n) is 2.31. The lowest BCUT2D eigenvalue weighted by Gasteiger charge is -2.23. The molecule has 0 saturated carbocycles. The molecule has 4 nitrogen and oxygen atoms in total. The van der Waals surface area contributed by atoms with E-state index in [0.717, 1.165) is 42.6 Å². The summed E-state index contributed by atoms with van der Waals surface area (Å²) < 4.78 is 9.16. The first-order valence-corrected chi connectivity index (χ1v) is 7.61. The summed E-state index contributed by atoms with van der Waals surface area (Å²) in [7, 11) is 0. The predicted octanol–water partition coefficient (Wildman–Crippen LogP) is 2.50. The first-order chi connectivity index (χ1) is 8.76. The SMILES string of the molecule is CCc1nn(CC)c(COC2CCCNC2)c1Br. The maximum absolute atomic E-state index is 6.00. The van der Waals surface area contributed by atoms with Crippen LogP contribution in [0.1, 0.15) is 38.1 Å². The van der Waals surface area contributed by atoms with Crippen molar-refractivity contribution in [2.45, 2.75) is 52.4 Å². The average Bonchev–Trinajstić information content (AvgIpc) is 2.73. The van der Waals surface area contributed by atoms with Gasteiger partial charge in [-0.3, -0.25) is 4.68 Å². The van der Waals surface area contributed by atoms with Gasteiger partial charge in [0.15, 0.2) is 0 Å². The highest BCUT2D eigenvalue weighted by Crippen LogP contribution is 2.23. The van der Waals surface area contributed by atoms with Crippen molar-refractivity contribution in [2.75, 3.05) is 13.1 Å². The van der Waals surface area contributed by atoms with Gasteiger partial charge in [-0.25, -0.2) is 0 Å². The number of rotatable bonds is 5. The zero-order chi connectivity index (χ0) is 13.0. The minimum Gasteiger partial charge on any atom is -0.371 e. The molecular weight excluding hydrogens is 294 g/mol. The number of hydrogen-bond acceptors (Lipinski definition) is 3. The number of aryl methyl sites for hydroxylation is 2. The summed E-state index contributed by atoms with van der Waals surface area (Å²) in [6, 6.07) is 0. The number of hydrogen-bond donors (Lipinski definition) is 1. The Balaban J connectivity index is 2.01. The van der Waals surface area contributed by atoms with Gasteiger partial charge in [-0.05, 0) is 48.7 Å². The van der Waals surface area contributed by atoms with E-state index in [1.807, 2.05) is 4.68 Å². The van der Waals surface area contributed by atoms with Gasteiger partial charge < -0.3 is 10.1 Å². The van der Waals surface area contributed by atoms with Gasteiger partial charge in [-0.1, -0.05) is 6.92 Å². The molecule has 0 bridgehead atoms. The normalized spacial score (nSPS) is 20.3. The van der Waals surface area contributed by atoms with Gasteiger partial charge in [0.2, 0.25) is 0 Å². The van der Waals surface area contributed by atoms with E-state index in [1.54, 1.807) is 0 Å². The molecular formula is C13H22BrN3O. The van der Waals surface area contributed by atoms with E-state index in [2.05, 4.69) is 40.2 Å².